The highest BCUT2D eigenvalue weighted by Gasteiger charge is 2.61. The molecule has 0 saturated heterocycles. The molecule has 0 amide bonds. The largest absolute Gasteiger partial charge is 0.478 e. The van der Waals surface area contributed by atoms with Crippen molar-refractivity contribution in [3.63, 3.8) is 0 Å². The molecule has 5 nitrogen and oxygen atoms in total. The molecule has 1 unspecified atom stereocenters. The van der Waals surface area contributed by atoms with Crippen LogP contribution in [0.15, 0.2) is 0 Å². The van der Waals surface area contributed by atoms with Crippen molar-refractivity contribution >= 4 is 11.9 Å². The van der Waals surface area contributed by atoms with Crippen molar-refractivity contribution in [2.24, 2.45) is 5.92 Å². The van der Waals surface area contributed by atoms with E-state index in [1.54, 1.807) is 0 Å². The molecular formula is C12H17F3O5. The summed E-state index contributed by atoms with van der Waals surface area (Å²) in [5, 5.41) is 18.3. The number of carbonyl (C=O) groups is 2. The molecule has 0 aromatic rings. The van der Waals surface area contributed by atoms with E-state index in [1.165, 1.54) is 0 Å². The summed E-state index contributed by atoms with van der Waals surface area (Å²) in [5.74, 6) is -4.35. The Kier molecular flexibility index (Phi) is 5.01. The zero-order valence-electron chi connectivity index (χ0n) is 10.9. The molecule has 0 bridgehead atoms. The van der Waals surface area contributed by atoms with Gasteiger partial charge in [0.1, 0.15) is 0 Å². The van der Waals surface area contributed by atoms with Gasteiger partial charge in [-0.25, -0.2) is 9.59 Å². The van der Waals surface area contributed by atoms with Gasteiger partial charge in [-0.1, -0.05) is 19.3 Å². The first-order valence-corrected chi connectivity index (χ1v) is 6.30. The normalized spacial score (nSPS) is 21.9. The molecule has 0 spiro atoms. The molecule has 116 valence electrons. The Morgan fingerprint density at radius 1 is 1.20 bits per heavy atom. The average Bonchev–Trinajstić information content (AvgIpc) is 2.37. The van der Waals surface area contributed by atoms with E-state index in [0.29, 0.717) is 12.8 Å². The van der Waals surface area contributed by atoms with Gasteiger partial charge in [-0.3, -0.25) is 0 Å². The van der Waals surface area contributed by atoms with E-state index >= 15 is 0 Å². The fourth-order valence-electron chi connectivity index (χ4n) is 2.13. The number of esters is 1. The molecule has 0 aromatic carbocycles. The molecule has 0 heterocycles. The minimum atomic E-state index is -5.26. The Bertz CT molecular complexity index is 376. The molecule has 0 aromatic heterocycles. The predicted octanol–water partition coefficient (Wildman–Crippen LogP) is 1.88. The molecule has 1 fully saturated rings. The smallest absolute Gasteiger partial charge is 0.439 e. The van der Waals surface area contributed by atoms with Crippen molar-refractivity contribution in [3.8, 4) is 0 Å². The summed E-state index contributed by atoms with van der Waals surface area (Å²) >= 11 is 0. The number of hydrogen-bond acceptors (Lipinski definition) is 4. The van der Waals surface area contributed by atoms with Crippen LogP contribution < -0.4 is 0 Å². The number of rotatable bonds is 4. The van der Waals surface area contributed by atoms with E-state index in [0.717, 1.165) is 19.3 Å². The summed E-state index contributed by atoms with van der Waals surface area (Å²) in [5.41, 5.74) is -3.65. The molecule has 1 aliphatic carbocycles. The van der Waals surface area contributed by atoms with Crippen molar-refractivity contribution in [2.45, 2.75) is 56.9 Å². The Morgan fingerprint density at radius 3 is 2.10 bits per heavy atom. The maximum atomic E-state index is 12.7. The maximum absolute atomic E-state index is 12.7. The fraction of sp³-hybridized carbons (Fsp3) is 0.833. The Labute approximate surface area is 113 Å². The van der Waals surface area contributed by atoms with Gasteiger partial charge in [0, 0.05) is 0 Å². The number of aliphatic hydroxyl groups excluding tert-OH is 1. The van der Waals surface area contributed by atoms with Crippen LogP contribution in [0.3, 0.4) is 0 Å². The third-order valence-corrected chi connectivity index (χ3v) is 3.59. The highest BCUT2D eigenvalue weighted by atomic mass is 19.4. The molecule has 2 N–H and O–H groups in total. The van der Waals surface area contributed by atoms with Crippen LogP contribution in [-0.2, 0) is 14.3 Å². The maximum Gasteiger partial charge on any atom is 0.439 e. The van der Waals surface area contributed by atoms with Crippen molar-refractivity contribution in [2.75, 3.05) is 0 Å². The first-order valence-electron chi connectivity index (χ1n) is 6.30. The number of alkyl halides is 3. The fourth-order valence-corrected chi connectivity index (χ4v) is 2.13. The SMILES string of the molecule is CC(OC(=O)[C@H](O)C1CCCCC1)(C(=O)O)C(F)(F)F. The highest BCUT2D eigenvalue weighted by Crippen LogP contribution is 2.35. The van der Waals surface area contributed by atoms with Crippen molar-refractivity contribution in [1.82, 2.24) is 0 Å². The lowest BCUT2D eigenvalue weighted by molar-refractivity contribution is -0.266. The molecule has 1 rings (SSSR count). The molecule has 2 atom stereocenters. The second-order valence-electron chi connectivity index (χ2n) is 5.10. The lowest BCUT2D eigenvalue weighted by Gasteiger charge is -2.31. The number of carboxylic acid groups (broad SMARTS) is 1. The van der Waals surface area contributed by atoms with E-state index in [1.807, 2.05) is 0 Å². The van der Waals surface area contributed by atoms with Crippen LogP contribution in [0.2, 0.25) is 0 Å². The number of aliphatic carboxylic acids is 1. The third kappa shape index (κ3) is 3.41. The highest BCUT2D eigenvalue weighted by molar-refractivity contribution is 5.84. The van der Waals surface area contributed by atoms with Gasteiger partial charge in [0.05, 0.1) is 0 Å². The topological polar surface area (TPSA) is 83.8 Å². The van der Waals surface area contributed by atoms with Gasteiger partial charge in [0.25, 0.3) is 5.60 Å². The van der Waals surface area contributed by atoms with E-state index in [-0.39, 0.29) is 6.92 Å². The predicted molar refractivity (Wildman–Crippen MR) is 60.8 cm³/mol. The summed E-state index contributed by atoms with van der Waals surface area (Å²) in [6.45, 7) is 0.251. The number of carbonyl (C=O) groups excluding carboxylic acids is 1. The minimum absolute atomic E-state index is 0.251. The van der Waals surface area contributed by atoms with Gasteiger partial charge < -0.3 is 14.9 Å². The lowest BCUT2D eigenvalue weighted by Crippen LogP contribution is -2.54. The van der Waals surface area contributed by atoms with Gasteiger partial charge in [-0.2, -0.15) is 13.2 Å². The number of halogens is 3. The molecule has 8 heteroatoms. The van der Waals surface area contributed by atoms with Gasteiger partial charge in [0.2, 0.25) is 0 Å². The van der Waals surface area contributed by atoms with Crippen LogP contribution in [0, 0.1) is 5.92 Å². The van der Waals surface area contributed by atoms with Crippen molar-refractivity contribution < 1.29 is 37.7 Å². The Balaban J connectivity index is 2.78. The van der Waals surface area contributed by atoms with Crippen LogP contribution in [0.1, 0.15) is 39.0 Å². The average molecular weight is 298 g/mol. The van der Waals surface area contributed by atoms with Gasteiger partial charge in [-0.05, 0) is 25.7 Å². The number of hydrogen-bond donors (Lipinski definition) is 2. The molecule has 1 aliphatic rings. The van der Waals surface area contributed by atoms with E-state index < -0.39 is 35.7 Å². The van der Waals surface area contributed by atoms with E-state index in [2.05, 4.69) is 4.74 Å². The Hall–Kier alpha value is -1.31. The summed E-state index contributed by atoms with van der Waals surface area (Å²) in [7, 11) is 0. The summed E-state index contributed by atoms with van der Waals surface area (Å²) in [6, 6.07) is 0. The van der Waals surface area contributed by atoms with Crippen LogP contribution in [0.25, 0.3) is 0 Å². The van der Waals surface area contributed by atoms with Gasteiger partial charge in [-0.15, -0.1) is 0 Å². The van der Waals surface area contributed by atoms with Crippen LogP contribution in [0.4, 0.5) is 13.2 Å². The molecule has 1 saturated carbocycles. The second kappa shape index (κ2) is 5.99. The van der Waals surface area contributed by atoms with Crippen LogP contribution in [0.5, 0.6) is 0 Å². The lowest BCUT2D eigenvalue weighted by atomic mass is 9.85. The third-order valence-electron chi connectivity index (χ3n) is 3.59. The first-order chi connectivity index (χ1) is 9.09. The second-order valence-corrected chi connectivity index (χ2v) is 5.10. The minimum Gasteiger partial charge on any atom is -0.478 e. The molecule has 20 heavy (non-hydrogen) atoms. The summed E-state index contributed by atoms with van der Waals surface area (Å²) in [4.78, 5) is 22.3. The monoisotopic (exact) mass is 298 g/mol. The van der Waals surface area contributed by atoms with Crippen LogP contribution in [-0.4, -0.2) is 40.0 Å². The number of aliphatic hydroxyl groups is 1. The molecule has 0 aliphatic heterocycles. The molecule has 0 radical (unpaired) electrons. The number of carboxylic acids is 1. The standard InChI is InChI=1S/C12H17F3O5/c1-11(10(18)19,12(13,14)15)20-9(17)8(16)7-5-3-2-4-6-7/h7-8,16H,2-6H2,1H3,(H,18,19)/t8-,11?/m1/s1. The quantitative estimate of drug-likeness (QED) is 0.774. The van der Waals surface area contributed by atoms with Gasteiger partial charge in [0.15, 0.2) is 6.10 Å². The Morgan fingerprint density at radius 2 is 1.70 bits per heavy atom. The summed E-state index contributed by atoms with van der Waals surface area (Å²) < 4.78 is 42.1. The van der Waals surface area contributed by atoms with Crippen molar-refractivity contribution in [1.29, 1.82) is 0 Å². The van der Waals surface area contributed by atoms with E-state index in [4.69, 9.17) is 5.11 Å². The zero-order chi connectivity index (χ0) is 15.6. The molecular weight excluding hydrogens is 281 g/mol. The summed E-state index contributed by atoms with van der Waals surface area (Å²) in [6.07, 6.45) is -3.50. The van der Waals surface area contributed by atoms with Crippen molar-refractivity contribution in [3.05, 3.63) is 0 Å². The van der Waals surface area contributed by atoms with E-state index in [9.17, 15) is 27.9 Å². The zero-order valence-corrected chi connectivity index (χ0v) is 10.9. The van der Waals surface area contributed by atoms with Gasteiger partial charge >= 0.3 is 18.1 Å². The number of ether oxygens (including phenoxy) is 1. The first kappa shape index (κ1) is 16.7. The van der Waals surface area contributed by atoms with Crippen LogP contribution >= 0.6 is 0 Å².